The van der Waals surface area contributed by atoms with E-state index in [9.17, 15) is 9.90 Å². The number of carboxylic acid groups (broad SMARTS) is 1. The summed E-state index contributed by atoms with van der Waals surface area (Å²) in [6, 6.07) is 4.97. The molecule has 1 fully saturated rings. The summed E-state index contributed by atoms with van der Waals surface area (Å²) in [4.78, 5) is 15.8. The molecule has 0 bridgehead atoms. The minimum atomic E-state index is -0.902. The van der Waals surface area contributed by atoms with Crippen molar-refractivity contribution in [2.75, 3.05) is 37.6 Å². The van der Waals surface area contributed by atoms with Crippen molar-refractivity contribution >= 4 is 23.3 Å². The average molecular weight is 297 g/mol. The van der Waals surface area contributed by atoms with Gasteiger partial charge in [-0.05, 0) is 24.1 Å². The second kappa shape index (κ2) is 6.46. The zero-order chi connectivity index (χ0) is 14.7. The van der Waals surface area contributed by atoms with E-state index in [0.29, 0.717) is 16.5 Å². The van der Waals surface area contributed by atoms with Crippen LogP contribution in [0.25, 0.3) is 0 Å². The zero-order valence-electron chi connectivity index (χ0n) is 12.0. The van der Waals surface area contributed by atoms with Gasteiger partial charge in [0.2, 0.25) is 0 Å². The summed E-state index contributed by atoms with van der Waals surface area (Å²) in [5, 5.41) is 9.86. The molecule has 110 valence electrons. The minimum absolute atomic E-state index is 0.326. The summed E-state index contributed by atoms with van der Waals surface area (Å²) in [6.45, 7) is 9.13. The van der Waals surface area contributed by atoms with Crippen LogP contribution in [0.4, 0.5) is 5.69 Å². The summed E-state index contributed by atoms with van der Waals surface area (Å²) in [7, 11) is 0. The number of anilines is 1. The maximum atomic E-state index is 11.3. The minimum Gasteiger partial charge on any atom is -0.478 e. The van der Waals surface area contributed by atoms with E-state index in [2.05, 4.69) is 23.6 Å². The highest BCUT2D eigenvalue weighted by Crippen LogP contribution is 2.26. The molecule has 2 rings (SSSR count). The molecule has 1 aliphatic heterocycles. The number of carbonyl (C=O) groups is 1. The fourth-order valence-electron chi connectivity index (χ4n) is 2.64. The van der Waals surface area contributed by atoms with E-state index in [1.54, 1.807) is 18.2 Å². The van der Waals surface area contributed by atoms with E-state index in [-0.39, 0.29) is 0 Å². The van der Waals surface area contributed by atoms with Crippen molar-refractivity contribution in [3.63, 3.8) is 0 Å². The van der Waals surface area contributed by atoms with Crippen molar-refractivity contribution < 1.29 is 9.90 Å². The van der Waals surface area contributed by atoms with E-state index in [0.717, 1.165) is 38.4 Å². The predicted molar refractivity (Wildman–Crippen MR) is 81.9 cm³/mol. The average Bonchev–Trinajstić information content (AvgIpc) is 2.38. The third-order valence-corrected chi connectivity index (χ3v) is 3.76. The summed E-state index contributed by atoms with van der Waals surface area (Å²) in [5.74, 6) is -0.247. The van der Waals surface area contributed by atoms with E-state index in [1.807, 2.05) is 0 Å². The summed E-state index contributed by atoms with van der Waals surface area (Å²) in [6.07, 6.45) is 0. The summed E-state index contributed by atoms with van der Waals surface area (Å²) >= 11 is 6.01. The topological polar surface area (TPSA) is 43.8 Å². The molecule has 4 nitrogen and oxygen atoms in total. The molecule has 0 unspecified atom stereocenters. The van der Waals surface area contributed by atoms with Gasteiger partial charge >= 0.3 is 5.97 Å². The van der Waals surface area contributed by atoms with Crippen LogP contribution < -0.4 is 4.90 Å². The second-order valence-electron chi connectivity index (χ2n) is 5.65. The van der Waals surface area contributed by atoms with Crippen LogP contribution in [0, 0.1) is 5.92 Å². The van der Waals surface area contributed by atoms with Crippen molar-refractivity contribution in [3.8, 4) is 0 Å². The molecule has 0 amide bonds. The first kappa shape index (κ1) is 15.1. The van der Waals surface area contributed by atoms with E-state index >= 15 is 0 Å². The van der Waals surface area contributed by atoms with E-state index in [4.69, 9.17) is 11.6 Å². The first-order chi connectivity index (χ1) is 9.47. The number of halogens is 1. The van der Waals surface area contributed by atoms with Crippen molar-refractivity contribution in [2.45, 2.75) is 13.8 Å². The maximum absolute atomic E-state index is 11.3. The van der Waals surface area contributed by atoms with Crippen LogP contribution in [0.2, 0.25) is 5.02 Å². The Morgan fingerprint density at radius 2 is 1.95 bits per heavy atom. The lowest BCUT2D eigenvalue weighted by atomic mass is 10.1. The Labute approximate surface area is 124 Å². The molecule has 1 aromatic carbocycles. The number of piperazine rings is 1. The number of carboxylic acids is 1. The van der Waals surface area contributed by atoms with Gasteiger partial charge < -0.3 is 10.0 Å². The third-order valence-electron chi connectivity index (χ3n) is 3.53. The predicted octanol–water partition coefficient (Wildman–Crippen LogP) is 2.82. The van der Waals surface area contributed by atoms with Crippen LogP contribution >= 0.6 is 11.6 Å². The van der Waals surface area contributed by atoms with E-state index in [1.165, 1.54) is 0 Å². The third kappa shape index (κ3) is 3.64. The van der Waals surface area contributed by atoms with Gasteiger partial charge in [-0.25, -0.2) is 4.79 Å². The summed E-state index contributed by atoms with van der Waals surface area (Å²) in [5.41, 5.74) is 1.06. The molecule has 20 heavy (non-hydrogen) atoms. The standard InChI is InChI=1S/C15H21ClN2O2/c1-11(2)10-17-5-7-18(8-6-17)14-9-12(16)3-4-13(14)15(19)20/h3-4,9,11H,5-8,10H2,1-2H3,(H,19,20). The molecule has 1 aliphatic rings. The van der Waals surface area contributed by atoms with Gasteiger partial charge in [-0.15, -0.1) is 0 Å². The first-order valence-corrected chi connectivity index (χ1v) is 7.35. The smallest absolute Gasteiger partial charge is 0.337 e. The van der Waals surface area contributed by atoms with Gasteiger partial charge in [0.15, 0.2) is 0 Å². The molecule has 0 saturated carbocycles. The highest BCUT2D eigenvalue weighted by Gasteiger charge is 2.21. The highest BCUT2D eigenvalue weighted by atomic mass is 35.5. The van der Waals surface area contributed by atoms with Crippen molar-refractivity contribution in [3.05, 3.63) is 28.8 Å². The highest BCUT2D eigenvalue weighted by molar-refractivity contribution is 6.31. The fourth-order valence-corrected chi connectivity index (χ4v) is 2.80. The Morgan fingerprint density at radius 1 is 1.30 bits per heavy atom. The lowest BCUT2D eigenvalue weighted by Gasteiger charge is -2.37. The van der Waals surface area contributed by atoms with Crippen LogP contribution in [0.5, 0.6) is 0 Å². The Hall–Kier alpha value is -1.26. The maximum Gasteiger partial charge on any atom is 0.337 e. The van der Waals surface area contributed by atoms with Gasteiger partial charge in [-0.2, -0.15) is 0 Å². The number of aromatic carboxylic acids is 1. The number of rotatable bonds is 4. The lowest BCUT2D eigenvalue weighted by Crippen LogP contribution is -2.47. The quantitative estimate of drug-likeness (QED) is 0.928. The number of nitrogens with zero attached hydrogens (tertiary/aromatic N) is 2. The van der Waals surface area contributed by atoms with Crippen LogP contribution in [0.1, 0.15) is 24.2 Å². The Bertz CT molecular complexity index is 483. The van der Waals surface area contributed by atoms with Crippen LogP contribution in [0.15, 0.2) is 18.2 Å². The van der Waals surface area contributed by atoms with Crippen molar-refractivity contribution in [1.82, 2.24) is 4.90 Å². The Morgan fingerprint density at radius 3 is 2.50 bits per heavy atom. The molecule has 1 aromatic rings. The Balaban J connectivity index is 2.10. The monoisotopic (exact) mass is 296 g/mol. The second-order valence-corrected chi connectivity index (χ2v) is 6.08. The van der Waals surface area contributed by atoms with Gasteiger partial charge in [0.1, 0.15) is 0 Å². The molecule has 0 aliphatic carbocycles. The normalized spacial score (nSPS) is 16.7. The van der Waals surface area contributed by atoms with Crippen LogP contribution in [-0.2, 0) is 0 Å². The molecule has 1 heterocycles. The van der Waals surface area contributed by atoms with Gasteiger partial charge in [-0.1, -0.05) is 25.4 Å². The molecular weight excluding hydrogens is 276 g/mol. The van der Waals surface area contributed by atoms with Crippen molar-refractivity contribution in [2.24, 2.45) is 5.92 Å². The van der Waals surface area contributed by atoms with E-state index < -0.39 is 5.97 Å². The molecule has 1 saturated heterocycles. The van der Waals surface area contributed by atoms with Gasteiger partial charge in [0.05, 0.1) is 11.3 Å². The number of hydrogen-bond acceptors (Lipinski definition) is 3. The molecule has 0 atom stereocenters. The van der Waals surface area contributed by atoms with Gasteiger partial charge in [-0.3, -0.25) is 4.90 Å². The SMILES string of the molecule is CC(C)CN1CCN(c2cc(Cl)ccc2C(=O)O)CC1. The van der Waals surface area contributed by atoms with Crippen molar-refractivity contribution in [1.29, 1.82) is 0 Å². The van der Waals surface area contributed by atoms with Gasteiger partial charge in [0, 0.05) is 37.7 Å². The largest absolute Gasteiger partial charge is 0.478 e. The first-order valence-electron chi connectivity index (χ1n) is 6.97. The van der Waals surface area contributed by atoms with Crippen LogP contribution in [0.3, 0.4) is 0 Å². The molecule has 0 radical (unpaired) electrons. The van der Waals surface area contributed by atoms with Gasteiger partial charge in [0.25, 0.3) is 0 Å². The Kier molecular flexibility index (Phi) is 4.89. The molecular formula is C15H21ClN2O2. The molecule has 1 N–H and O–H groups in total. The molecule has 0 spiro atoms. The zero-order valence-corrected chi connectivity index (χ0v) is 12.7. The fraction of sp³-hybridized carbons (Fsp3) is 0.533. The molecule has 0 aromatic heterocycles. The summed E-state index contributed by atoms with van der Waals surface area (Å²) < 4.78 is 0. The number of hydrogen-bond donors (Lipinski definition) is 1. The number of benzene rings is 1. The lowest BCUT2D eigenvalue weighted by molar-refractivity contribution is 0.0697. The molecule has 5 heteroatoms. The van der Waals surface area contributed by atoms with Crippen LogP contribution in [-0.4, -0.2) is 48.7 Å².